The molecule has 2 aromatic carbocycles. The van der Waals surface area contributed by atoms with E-state index >= 15 is 0 Å². The zero-order valence-electron chi connectivity index (χ0n) is 31.4. The van der Waals surface area contributed by atoms with Gasteiger partial charge in [-0.1, -0.05) is 19.9 Å². The molecule has 11 heteroatoms. The number of aliphatic carboxylic acids is 1. The Hall–Kier alpha value is -4.12. The summed E-state index contributed by atoms with van der Waals surface area (Å²) in [5, 5.41) is 13.0. The molecule has 286 valence electrons. The quantitative estimate of drug-likeness (QED) is 0.184. The Morgan fingerprint density at radius 2 is 1.68 bits per heavy atom. The second-order valence-corrected chi connectivity index (χ2v) is 15.9. The topological polar surface area (TPSA) is 101 Å². The zero-order chi connectivity index (χ0) is 38.2. The number of carboxylic acids is 1. The fraction of sp³-hybridized carbons (Fsp3) is 0.548. The van der Waals surface area contributed by atoms with Crippen LogP contribution in [0.3, 0.4) is 0 Å². The van der Waals surface area contributed by atoms with E-state index in [1.54, 1.807) is 7.11 Å². The molecule has 1 aliphatic heterocycles. The molecule has 3 aromatic rings. The van der Waals surface area contributed by atoms with Gasteiger partial charge in [0.1, 0.15) is 11.8 Å². The van der Waals surface area contributed by atoms with Gasteiger partial charge in [-0.25, -0.2) is 0 Å². The van der Waals surface area contributed by atoms with E-state index in [0.717, 1.165) is 63.9 Å². The maximum Gasteiger partial charge on any atom is 0.416 e. The average Bonchev–Trinajstić information content (AvgIpc) is 3.77. The molecule has 2 heterocycles. The van der Waals surface area contributed by atoms with E-state index in [1.165, 1.54) is 24.6 Å². The summed E-state index contributed by atoms with van der Waals surface area (Å²) in [6, 6.07) is 6.44. The molecule has 1 saturated heterocycles. The highest BCUT2D eigenvalue weighted by Crippen LogP contribution is 2.42. The minimum absolute atomic E-state index is 0.0420. The number of likely N-dealkylation sites (tertiary alicyclic amines) is 1. The molecule has 1 amide bonds. The van der Waals surface area contributed by atoms with Gasteiger partial charge in [0, 0.05) is 18.8 Å². The smallest absolute Gasteiger partial charge is 0.416 e. The summed E-state index contributed by atoms with van der Waals surface area (Å²) in [5.41, 5.74) is 5.16. The van der Waals surface area contributed by atoms with Gasteiger partial charge in [-0.2, -0.15) is 13.2 Å². The number of ether oxygens (including phenoxy) is 1. The van der Waals surface area contributed by atoms with E-state index in [9.17, 15) is 32.7 Å². The van der Waals surface area contributed by atoms with Crippen LogP contribution in [0.2, 0.25) is 0 Å². The Labute approximate surface area is 309 Å². The lowest BCUT2D eigenvalue weighted by Gasteiger charge is -2.34. The standard InChI is InChI=1S/C42H52F3N3O5/c1-24(2)15-37(48-23-34(35(20-38(48)49)42(43,44)45)28-11-13-47(14-12-28)22-27-9-10-27)41(52)46-36(21-39(50)51)30-18-29-7-6-8-32(29)33(19-30)40-25(3)16-31(53-5)17-26(40)4/h16-20,23-24,27-28,36-37H,6-15,21-22H2,1-5H3,(H,46,52)(H,50,51). The van der Waals surface area contributed by atoms with Crippen molar-refractivity contribution in [1.29, 1.82) is 0 Å². The van der Waals surface area contributed by atoms with Gasteiger partial charge in [-0.05, 0) is 159 Å². The van der Waals surface area contributed by atoms with Crippen LogP contribution in [0, 0.1) is 25.7 Å². The normalized spacial score (nSPS) is 17.8. The number of pyridine rings is 1. The van der Waals surface area contributed by atoms with Crippen molar-refractivity contribution in [3.05, 3.63) is 85.8 Å². The highest BCUT2D eigenvalue weighted by Gasteiger charge is 2.39. The van der Waals surface area contributed by atoms with Crippen LogP contribution in [-0.2, 0) is 28.6 Å². The molecule has 3 aliphatic rings. The number of aryl methyl sites for hydroxylation is 3. The first-order valence-electron chi connectivity index (χ1n) is 19.0. The van der Waals surface area contributed by atoms with Crippen molar-refractivity contribution in [1.82, 2.24) is 14.8 Å². The third kappa shape index (κ3) is 8.82. The van der Waals surface area contributed by atoms with Crippen LogP contribution >= 0.6 is 0 Å². The Bertz CT molecular complexity index is 1880. The molecule has 53 heavy (non-hydrogen) atoms. The van der Waals surface area contributed by atoms with Gasteiger partial charge >= 0.3 is 12.1 Å². The van der Waals surface area contributed by atoms with Gasteiger partial charge in [0.2, 0.25) is 5.91 Å². The average molecular weight is 736 g/mol. The molecule has 0 radical (unpaired) electrons. The molecule has 0 spiro atoms. The summed E-state index contributed by atoms with van der Waals surface area (Å²) < 4.78 is 50.0. The lowest BCUT2D eigenvalue weighted by atomic mass is 9.86. The minimum Gasteiger partial charge on any atom is -0.497 e. The second-order valence-electron chi connectivity index (χ2n) is 15.9. The maximum absolute atomic E-state index is 14.5. The number of piperidine rings is 1. The number of nitrogens with one attached hydrogen (secondary N) is 1. The van der Waals surface area contributed by atoms with Crippen molar-refractivity contribution in [2.24, 2.45) is 11.8 Å². The number of alkyl halides is 3. The summed E-state index contributed by atoms with van der Waals surface area (Å²) in [4.78, 5) is 42.6. The van der Waals surface area contributed by atoms with Gasteiger partial charge in [-0.15, -0.1) is 0 Å². The number of carboxylic acid groups (broad SMARTS) is 1. The van der Waals surface area contributed by atoms with Crippen molar-refractivity contribution < 1.29 is 32.6 Å². The van der Waals surface area contributed by atoms with Crippen LogP contribution in [0.25, 0.3) is 11.1 Å². The van der Waals surface area contributed by atoms with E-state index < -0.39 is 53.6 Å². The molecular weight excluding hydrogens is 683 g/mol. The van der Waals surface area contributed by atoms with Gasteiger partial charge in [0.15, 0.2) is 0 Å². The number of benzene rings is 2. The molecule has 8 nitrogen and oxygen atoms in total. The van der Waals surface area contributed by atoms with Gasteiger partial charge in [0.05, 0.1) is 25.1 Å². The van der Waals surface area contributed by atoms with Crippen LogP contribution in [0.4, 0.5) is 13.2 Å². The largest absolute Gasteiger partial charge is 0.497 e. The van der Waals surface area contributed by atoms with E-state index in [1.807, 2.05) is 52.0 Å². The predicted molar refractivity (Wildman–Crippen MR) is 198 cm³/mol. The number of hydrogen-bond donors (Lipinski definition) is 2. The van der Waals surface area contributed by atoms with Gasteiger partial charge in [-0.3, -0.25) is 14.4 Å². The Kier molecular flexibility index (Phi) is 11.4. The zero-order valence-corrected chi connectivity index (χ0v) is 31.4. The summed E-state index contributed by atoms with van der Waals surface area (Å²) in [6.45, 7) is 10.1. The molecule has 2 aliphatic carbocycles. The Morgan fingerprint density at radius 3 is 2.26 bits per heavy atom. The second kappa shape index (κ2) is 15.7. The summed E-state index contributed by atoms with van der Waals surface area (Å²) in [5.74, 6) is -0.804. The number of rotatable bonds is 13. The van der Waals surface area contributed by atoms with E-state index in [0.29, 0.717) is 43.5 Å². The predicted octanol–water partition coefficient (Wildman–Crippen LogP) is 8.16. The number of halogens is 3. The molecule has 1 aromatic heterocycles. The number of carbonyl (C=O) groups excluding carboxylic acids is 1. The fourth-order valence-corrected chi connectivity index (χ4v) is 8.58. The first-order chi connectivity index (χ1) is 25.1. The highest BCUT2D eigenvalue weighted by atomic mass is 19.4. The maximum atomic E-state index is 14.5. The van der Waals surface area contributed by atoms with Crippen LogP contribution in [0.15, 0.2) is 41.3 Å². The first kappa shape index (κ1) is 38.6. The van der Waals surface area contributed by atoms with Crippen molar-refractivity contribution in [3.8, 4) is 16.9 Å². The molecule has 2 unspecified atom stereocenters. The van der Waals surface area contributed by atoms with Gasteiger partial charge in [0.25, 0.3) is 5.56 Å². The summed E-state index contributed by atoms with van der Waals surface area (Å²) in [7, 11) is 1.62. The number of amides is 1. The van der Waals surface area contributed by atoms with Crippen LogP contribution in [0.1, 0.15) is 116 Å². The van der Waals surface area contributed by atoms with Crippen molar-refractivity contribution in [3.63, 3.8) is 0 Å². The minimum atomic E-state index is -4.73. The molecule has 2 N–H and O–H groups in total. The van der Waals surface area contributed by atoms with Gasteiger partial charge < -0.3 is 24.6 Å². The van der Waals surface area contributed by atoms with E-state index in [4.69, 9.17) is 4.74 Å². The molecule has 0 bridgehead atoms. The van der Waals surface area contributed by atoms with Crippen molar-refractivity contribution in [2.45, 2.75) is 110 Å². The van der Waals surface area contributed by atoms with E-state index in [-0.39, 0.29) is 17.9 Å². The third-order valence-corrected chi connectivity index (χ3v) is 11.3. The number of aromatic nitrogens is 1. The third-order valence-electron chi connectivity index (χ3n) is 11.3. The summed E-state index contributed by atoms with van der Waals surface area (Å²) in [6.07, 6.45) is 2.41. The highest BCUT2D eigenvalue weighted by molar-refractivity contribution is 5.82. The molecule has 2 atom stereocenters. The number of hydrogen-bond acceptors (Lipinski definition) is 5. The first-order valence-corrected chi connectivity index (χ1v) is 19.0. The lowest BCUT2D eigenvalue weighted by Crippen LogP contribution is -2.41. The SMILES string of the molecule is COc1cc(C)c(-c2cc(C(CC(=O)O)NC(=O)C(CC(C)C)n3cc(C4CCN(CC5CC5)CC4)c(C(F)(F)F)cc3=O)cc3c2CCC3)c(C)c1. The number of fused-ring (bicyclic) bond motifs is 1. The van der Waals surface area contributed by atoms with Crippen LogP contribution in [-0.4, -0.2) is 53.2 Å². The molecule has 2 fully saturated rings. The molecule has 6 rings (SSSR count). The number of nitrogens with zero attached hydrogens (tertiary/aromatic N) is 2. The lowest BCUT2D eigenvalue weighted by molar-refractivity contribution is -0.139. The monoisotopic (exact) mass is 735 g/mol. The Morgan fingerprint density at radius 1 is 1.00 bits per heavy atom. The van der Waals surface area contributed by atoms with E-state index in [2.05, 4.69) is 10.2 Å². The fourth-order valence-electron chi connectivity index (χ4n) is 8.58. The van der Waals surface area contributed by atoms with Crippen LogP contribution in [0.5, 0.6) is 5.75 Å². The summed E-state index contributed by atoms with van der Waals surface area (Å²) >= 11 is 0. The van der Waals surface area contributed by atoms with Crippen LogP contribution < -0.4 is 15.6 Å². The number of carbonyl (C=O) groups is 2. The van der Waals surface area contributed by atoms with Crippen molar-refractivity contribution in [2.75, 3.05) is 26.7 Å². The van der Waals surface area contributed by atoms with Crippen molar-refractivity contribution >= 4 is 11.9 Å². The Balaban J connectivity index is 1.36. The molecule has 1 saturated carbocycles. The molecular formula is C42H52F3N3O5. The number of methoxy groups -OCH3 is 1.